The summed E-state index contributed by atoms with van der Waals surface area (Å²) in [7, 11) is 0. The third-order valence-electron chi connectivity index (χ3n) is 16.3. The van der Waals surface area contributed by atoms with E-state index in [0.717, 1.165) is 91.6 Å². The van der Waals surface area contributed by atoms with Crippen LogP contribution in [0.1, 0.15) is 11.5 Å². The second-order valence-corrected chi connectivity index (χ2v) is 21.7. The van der Waals surface area contributed by atoms with Crippen molar-refractivity contribution in [1.82, 2.24) is 69.8 Å². The van der Waals surface area contributed by atoms with E-state index in [2.05, 4.69) is 110 Å². The summed E-state index contributed by atoms with van der Waals surface area (Å²) >= 11 is 0. The fourth-order valence-electron chi connectivity index (χ4n) is 12.2. The van der Waals surface area contributed by atoms with E-state index in [9.17, 15) is 0 Å². The Balaban J connectivity index is 0.000000103. The Morgan fingerprint density at radius 3 is 1.12 bits per heavy atom. The Bertz CT molecular complexity index is 4440. The Hall–Kier alpha value is -11.6. The molecule has 0 radical (unpaired) electrons. The number of ether oxygens (including phenoxy) is 8. The summed E-state index contributed by atoms with van der Waals surface area (Å²) in [5.74, 6) is 9.18. The van der Waals surface area contributed by atoms with Crippen molar-refractivity contribution in [3.63, 3.8) is 0 Å². The minimum Gasteiger partial charge on any atom is -0.639 e. The molecule has 22 rings (SSSR count). The van der Waals surface area contributed by atoms with Gasteiger partial charge in [0.05, 0.1) is 47.5 Å². The van der Waals surface area contributed by atoms with Gasteiger partial charge in [-0.15, -0.1) is 66.0 Å². The molecular formula is C67H39N22O8Os3-9. The van der Waals surface area contributed by atoms with Crippen LogP contribution in [-0.2, 0) is 59.4 Å². The van der Waals surface area contributed by atoms with Gasteiger partial charge in [0, 0.05) is 102 Å². The van der Waals surface area contributed by atoms with Crippen molar-refractivity contribution < 1.29 is 97.3 Å². The average Bonchev–Trinajstić information content (AvgIpc) is 1.52. The fourth-order valence-corrected chi connectivity index (χ4v) is 12.2. The SMILES string of the molecule is [Os].[Os].[Os].[c-]1c(N2[CH-]Oc3cccnc32)cccc1N1[CH-]Oc2cccnc21.[c-]1c(N2[CH-]Oc3nccnc32)cccc1N1[CH-]Oc2nccnc21.[c-]1c(N2[CH-]Oc3ncncc32)cccc1N1[CH-]Oc2ncncc21.c1cc2c3c(c1)N1c4ncncc4OC1C3C1Oc3cncnc3N21. The topological polar surface area (TPSA) is 280 Å². The molecular weight excluding hydrogens is 1810 g/mol. The number of anilines is 16. The molecule has 0 saturated carbocycles. The van der Waals surface area contributed by atoms with Crippen LogP contribution >= 0.6 is 0 Å². The maximum absolute atomic E-state index is 6.22. The minimum absolute atomic E-state index is 0. The zero-order chi connectivity index (χ0) is 63.9. The van der Waals surface area contributed by atoms with Crippen molar-refractivity contribution in [1.29, 1.82) is 0 Å². The van der Waals surface area contributed by atoms with Gasteiger partial charge in [-0.2, -0.15) is 18.2 Å². The summed E-state index contributed by atoms with van der Waals surface area (Å²) in [4.78, 5) is 74.1. The van der Waals surface area contributed by atoms with Crippen LogP contribution in [0.4, 0.5) is 91.8 Å². The zero-order valence-electron chi connectivity index (χ0n) is 50.7. The first kappa shape index (κ1) is 63.1. The van der Waals surface area contributed by atoms with Crippen molar-refractivity contribution in [3.8, 4) is 46.5 Å². The predicted octanol–water partition coefficient (Wildman–Crippen LogP) is 10.4. The van der Waals surface area contributed by atoms with Gasteiger partial charge in [-0.25, -0.2) is 69.8 Å². The van der Waals surface area contributed by atoms with Gasteiger partial charge in [-0.3, -0.25) is 9.80 Å². The second kappa shape index (κ2) is 26.3. The van der Waals surface area contributed by atoms with Gasteiger partial charge in [0.1, 0.15) is 54.4 Å². The summed E-state index contributed by atoms with van der Waals surface area (Å²) in [6.45, 7) is 9.52. The van der Waals surface area contributed by atoms with Crippen LogP contribution < -0.4 is 77.1 Å². The molecule has 0 aliphatic carbocycles. The summed E-state index contributed by atoms with van der Waals surface area (Å²) < 4.78 is 45.3. The molecule has 2 atom stereocenters. The van der Waals surface area contributed by atoms with E-state index < -0.39 is 0 Å². The molecule has 498 valence electrons. The van der Waals surface area contributed by atoms with Gasteiger partial charge in [0.15, 0.2) is 47.2 Å². The number of benzene rings is 4. The smallest absolute Gasteiger partial charge is 0.224 e. The number of rotatable bonds is 6. The maximum atomic E-state index is 6.22. The van der Waals surface area contributed by atoms with Crippen LogP contribution in [0.3, 0.4) is 0 Å². The van der Waals surface area contributed by atoms with Crippen molar-refractivity contribution in [2.75, 3.05) is 39.2 Å². The van der Waals surface area contributed by atoms with E-state index in [1.54, 1.807) is 125 Å². The van der Waals surface area contributed by atoms with Crippen molar-refractivity contribution in [2.24, 2.45) is 0 Å². The molecule has 0 saturated heterocycles. The summed E-state index contributed by atoms with van der Waals surface area (Å²) in [6, 6.07) is 41.0. The predicted molar refractivity (Wildman–Crippen MR) is 341 cm³/mol. The first-order valence-corrected chi connectivity index (χ1v) is 29.7. The van der Waals surface area contributed by atoms with E-state index in [-0.39, 0.29) is 77.7 Å². The van der Waals surface area contributed by atoms with Gasteiger partial charge < -0.3 is 67.3 Å². The summed E-state index contributed by atoms with van der Waals surface area (Å²) in [6.07, 6.45) is 22.3. The largest absolute Gasteiger partial charge is 0.639 e. The third-order valence-corrected chi connectivity index (χ3v) is 16.3. The van der Waals surface area contributed by atoms with E-state index in [1.165, 1.54) is 18.2 Å². The Kier molecular flexibility index (Phi) is 16.6. The van der Waals surface area contributed by atoms with Gasteiger partial charge in [0.25, 0.3) is 0 Å². The number of hydrogen-bond acceptors (Lipinski definition) is 30. The van der Waals surface area contributed by atoms with Crippen LogP contribution in [0.5, 0.6) is 46.5 Å². The number of hydrogen-bond donors (Lipinski definition) is 0. The first-order valence-electron chi connectivity index (χ1n) is 29.7. The molecule has 0 bridgehead atoms. The molecule has 0 spiro atoms. The molecule has 0 N–H and O–H groups in total. The first-order chi connectivity index (χ1) is 48.1. The Labute approximate surface area is 607 Å². The number of nitrogens with zero attached hydrogens (tertiary/aromatic N) is 22. The Morgan fingerprint density at radius 1 is 0.300 bits per heavy atom. The van der Waals surface area contributed by atoms with E-state index >= 15 is 0 Å². The molecule has 18 heterocycles. The molecule has 33 heteroatoms. The van der Waals surface area contributed by atoms with Crippen LogP contribution in [0.2, 0.25) is 0 Å². The normalized spacial score (nSPS) is 17.1. The van der Waals surface area contributed by atoms with E-state index in [4.69, 9.17) is 37.9 Å². The molecule has 10 aliphatic heterocycles. The quantitative estimate of drug-likeness (QED) is 0.140. The van der Waals surface area contributed by atoms with Crippen LogP contribution in [0.15, 0.2) is 184 Å². The van der Waals surface area contributed by atoms with Gasteiger partial charge in [-0.05, 0) is 36.4 Å². The van der Waals surface area contributed by atoms with Crippen molar-refractivity contribution in [2.45, 2.75) is 18.4 Å². The summed E-state index contributed by atoms with van der Waals surface area (Å²) in [5, 5.41) is 0. The maximum Gasteiger partial charge on any atom is 0.224 e. The standard InChI is InChI=1S/C18H11N4O2.C17H10N6O2.2C16H9N6O2.3Os/c1-4-13(21-11-23-15-6-2-8-19-17(15)21)10-14(5-1)22-12-24-16-7-3-9-20-18(16)22;1-2-8-12-9(3-1)23-15-11(5-19-7-21-15)25-17(23)13(12)16-22(8)14-10(24-16)4-18-6-20-14;1-2-11(21-9-23-15-13(21)5-17-7-19-15)4-12(3-1)22-10-24-16-14(22)6-18-8-20-16;1-2-11(21-9-23-15-13(21)17-4-6-19-15)8-12(3-1)22-10-24-16-14(22)18-5-7-20-16;;;/h1-9,11-12H;1-7,13,16-17H;1-3,5-10H;1-7,9-10H;;;/q-3;;2*-3;;;. The Morgan fingerprint density at radius 2 is 0.660 bits per heavy atom. The minimum atomic E-state index is -0.194. The third kappa shape index (κ3) is 10.7. The molecule has 0 fully saturated rings. The fraction of sp³-hybridized carbons (Fsp3) is 0.0448. The molecule has 30 nitrogen and oxygen atoms in total. The van der Waals surface area contributed by atoms with Crippen LogP contribution in [0, 0.1) is 58.6 Å². The van der Waals surface area contributed by atoms with Crippen molar-refractivity contribution in [3.05, 3.63) is 248 Å². The van der Waals surface area contributed by atoms with Crippen LogP contribution in [0.25, 0.3) is 0 Å². The molecule has 0 amide bonds. The molecule has 2 unspecified atom stereocenters. The van der Waals surface area contributed by atoms with Gasteiger partial charge >= 0.3 is 0 Å². The van der Waals surface area contributed by atoms with E-state index in [1.807, 2.05) is 105 Å². The van der Waals surface area contributed by atoms with Crippen LogP contribution in [-0.4, -0.2) is 82.2 Å². The summed E-state index contributed by atoms with van der Waals surface area (Å²) in [5.41, 5.74) is 9.72. The zero-order valence-corrected chi connectivity index (χ0v) is 58.3. The average molecular weight is 1850 g/mol. The molecule has 10 aliphatic rings. The second-order valence-electron chi connectivity index (χ2n) is 21.7. The number of pyridine rings is 2. The number of aromatic nitrogens is 14. The molecule has 8 aromatic heterocycles. The molecule has 4 aromatic carbocycles. The van der Waals surface area contributed by atoms with E-state index in [0.29, 0.717) is 46.7 Å². The number of fused-ring (bicyclic) bond motifs is 16. The monoisotopic (exact) mass is 1860 g/mol. The molecule has 12 aromatic rings. The van der Waals surface area contributed by atoms with Gasteiger partial charge in [-0.1, -0.05) is 69.2 Å². The van der Waals surface area contributed by atoms with Gasteiger partial charge in [0.2, 0.25) is 23.5 Å². The van der Waals surface area contributed by atoms with Crippen molar-refractivity contribution >= 4 is 91.8 Å². The molecule has 100 heavy (non-hydrogen) atoms.